The Kier molecular flexibility index (Phi) is 8.75. The third-order valence-electron chi connectivity index (χ3n) is 4.90. The third-order valence-corrected chi connectivity index (χ3v) is 4.90. The van der Waals surface area contributed by atoms with Gasteiger partial charge >= 0.3 is 0 Å². The molecular formula is C17H35N. The molecule has 1 heteroatoms. The van der Waals surface area contributed by atoms with Crippen molar-refractivity contribution in [1.82, 2.24) is 0 Å². The van der Waals surface area contributed by atoms with Gasteiger partial charge in [-0.2, -0.15) is 0 Å². The van der Waals surface area contributed by atoms with Crippen LogP contribution in [0.2, 0.25) is 0 Å². The second-order valence-electron chi connectivity index (χ2n) is 6.42. The highest BCUT2D eigenvalue weighted by molar-refractivity contribution is 4.77. The Hall–Kier alpha value is -0.0400. The average Bonchev–Trinajstić information content (AvgIpc) is 2.33. The summed E-state index contributed by atoms with van der Waals surface area (Å²) < 4.78 is 0. The van der Waals surface area contributed by atoms with Crippen LogP contribution in [0.1, 0.15) is 90.9 Å². The van der Waals surface area contributed by atoms with E-state index in [1.54, 1.807) is 0 Å². The molecule has 108 valence electrons. The number of hydrogen-bond acceptors (Lipinski definition) is 1. The highest BCUT2D eigenvalue weighted by Crippen LogP contribution is 2.28. The van der Waals surface area contributed by atoms with E-state index in [1.165, 1.54) is 77.0 Å². The average molecular weight is 253 g/mol. The maximum Gasteiger partial charge on any atom is 0.00697 e. The van der Waals surface area contributed by atoms with Gasteiger partial charge in [0.15, 0.2) is 0 Å². The van der Waals surface area contributed by atoms with Crippen molar-refractivity contribution in [3.05, 3.63) is 0 Å². The molecule has 0 radical (unpaired) electrons. The smallest absolute Gasteiger partial charge is 0.00697 e. The Bertz CT molecular complexity index is 182. The van der Waals surface area contributed by atoms with Gasteiger partial charge in [0.1, 0.15) is 0 Å². The molecule has 0 bridgehead atoms. The molecule has 1 aliphatic carbocycles. The van der Waals surface area contributed by atoms with Gasteiger partial charge in [0.25, 0.3) is 0 Å². The lowest BCUT2D eigenvalue weighted by Gasteiger charge is -2.28. The molecule has 0 aromatic rings. The Morgan fingerprint density at radius 3 is 2.17 bits per heavy atom. The molecule has 18 heavy (non-hydrogen) atoms. The second kappa shape index (κ2) is 9.83. The molecule has 0 aromatic heterocycles. The molecule has 2 atom stereocenters. The second-order valence-corrected chi connectivity index (χ2v) is 6.42. The molecule has 0 amide bonds. The third kappa shape index (κ3) is 6.22. The van der Waals surface area contributed by atoms with Crippen LogP contribution >= 0.6 is 0 Å². The summed E-state index contributed by atoms with van der Waals surface area (Å²) in [7, 11) is 0. The predicted molar refractivity (Wildman–Crippen MR) is 81.7 cm³/mol. The quantitative estimate of drug-likeness (QED) is 0.656. The highest BCUT2D eigenvalue weighted by atomic mass is 14.7. The van der Waals surface area contributed by atoms with E-state index in [-0.39, 0.29) is 0 Å². The van der Waals surface area contributed by atoms with Gasteiger partial charge in [-0.25, -0.2) is 0 Å². The molecule has 1 rings (SSSR count). The van der Waals surface area contributed by atoms with Crippen molar-refractivity contribution < 1.29 is 0 Å². The lowest BCUT2D eigenvalue weighted by molar-refractivity contribution is 0.272. The number of unbranched alkanes of at least 4 members (excludes halogenated alkanes) is 1. The van der Waals surface area contributed by atoms with Crippen molar-refractivity contribution in [3.63, 3.8) is 0 Å². The van der Waals surface area contributed by atoms with Crippen LogP contribution in [0.5, 0.6) is 0 Å². The molecule has 0 saturated heterocycles. The summed E-state index contributed by atoms with van der Waals surface area (Å²) in [5.41, 5.74) is 6.52. The highest BCUT2D eigenvalue weighted by Gasteiger charge is 2.21. The van der Waals surface area contributed by atoms with E-state index >= 15 is 0 Å². The monoisotopic (exact) mass is 253 g/mol. The standard InChI is InChI=1S/C17H35N/c1-3-5-11-15(4-2)14-17(18)16-12-9-7-6-8-10-13-16/h15-17H,3-14,18H2,1-2H3. The van der Waals surface area contributed by atoms with Gasteiger partial charge in [0.05, 0.1) is 0 Å². The summed E-state index contributed by atoms with van der Waals surface area (Å²) in [6.45, 7) is 4.63. The molecule has 1 nitrogen and oxygen atoms in total. The number of rotatable bonds is 7. The molecule has 0 aliphatic heterocycles. The van der Waals surface area contributed by atoms with Crippen LogP contribution in [0, 0.1) is 11.8 Å². The molecule has 1 aliphatic rings. The minimum absolute atomic E-state index is 0.477. The van der Waals surface area contributed by atoms with Crippen LogP contribution in [-0.2, 0) is 0 Å². The minimum atomic E-state index is 0.477. The summed E-state index contributed by atoms with van der Waals surface area (Å²) in [5.74, 6) is 1.70. The Morgan fingerprint density at radius 1 is 1.00 bits per heavy atom. The van der Waals surface area contributed by atoms with Crippen molar-refractivity contribution in [1.29, 1.82) is 0 Å². The molecule has 0 aromatic carbocycles. The molecule has 2 N–H and O–H groups in total. The van der Waals surface area contributed by atoms with Gasteiger partial charge in [-0.3, -0.25) is 0 Å². The van der Waals surface area contributed by atoms with Crippen LogP contribution in [0.3, 0.4) is 0 Å². The van der Waals surface area contributed by atoms with Gasteiger partial charge in [-0.05, 0) is 31.1 Å². The van der Waals surface area contributed by atoms with E-state index in [4.69, 9.17) is 5.73 Å². The van der Waals surface area contributed by atoms with Crippen molar-refractivity contribution >= 4 is 0 Å². The first kappa shape index (κ1) is 16.0. The topological polar surface area (TPSA) is 26.0 Å². The van der Waals surface area contributed by atoms with E-state index in [1.807, 2.05) is 0 Å². The zero-order valence-corrected chi connectivity index (χ0v) is 12.8. The predicted octanol–water partition coefficient (Wildman–Crippen LogP) is 5.28. The largest absolute Gasteiger partial charge is 0.327 e. The Labute approximate surface area is 115 Å². The van der Waals surface area contributed by atoms with Crippen LogP contribution in [0.15, 0.2) is 0 Å². The van der Waals surface area contributed by atoms with Crippen LogP contribution in [-0.4, -0.2) is 6.04 Å². The maximum absolute atomic E-state index is 6.52. The first-order valence-corrected chi connectivity index (χ1v) is 8.53. The van der Waals surface area contributed by atoms with E-state index in [2.05, 4.69) is 13.8 Å². The fourth-order valence-electron chi connectivity index (χ4n) is 3.47. The zero-order chi connectivity index (χ0) is 13.2. The van der Waals surface area contributed by atoms with Gasteiger partial charge < -0.3 is 5.73 Å². The van der Waals surface area contributed by atoms with Crippen LogP contribution < -0.4 is 5.73 Å². The summed E-state index contributed by atoms with van der Waals surface area (Å²) in [6.07, 6.45) is 16.7. The van der Waals surface area contributed by atoms with E-state index < -0.39 is 0 Å². The molecule has 1 fully saturated rings. The Balaban J connectivity index is 2.33. The van der Waals surface area contributed by atoms with Crippen molar-refractivity contribution in [2.45, 2.75) is 96.9 Å². The fourth-order valence-corrected chi connectivity index (χ4v) is 3.47. The molecule has 0 heterocycles. The molecule has 2 unspecified atom stereocenters. The molecule has 1 saturated carbocycles. The van der Waals surface area contributed by atoms with Crippen molar-refractivity contribution in [3.8, 4) is 0 Å². The van der Waals surface area contributed by atoms with E-state index in [9.17, 15) is 0 Å². The summed E-state index contributed by atoms with van der Waals surface area (Å²) >= 11 is 0. The zero-order valence-electron chi connectivity index (χ0n) is 12.8. The fraction of sp³-hybridized carbons (Fsp3) is 1.00. The number of hydrogen-bond donors (Lipinski definition) is 1. The first-order chi connectivity index (χ1) is 8.77. The van der Waals surface area contributed by atoms with Crippen molar-refractivity contribution in [2.75, 3.05) is 0 Å². The van der Waals surface area contributed by atoms with Crippen LogP contribution in [0.4, 0.5) is 0 Å². The lowest BCUT2D eigenvalue weighted by atomic mass is 9.81. The normalized spacial score (nSPS) is 22.2. The van der Waals surface area contributed by atoms with Gasteiger partial charge in [-0.1, -0.05) is 71.6 Å². The van der Waals surface area contributed by atoms with E-state index in [0.29, 0.717) is 6.04 Å². The van der Waals surface area contributed by atoms with Gasteiger partial charge in [-0.15, -0.1) is 0 Å². The summed E-state index contributed by atoms with van der Waals surface area (Å²) in [5, 5.41) is 0. The van der Waals surface area contributed by atoms with Crippen molar-refractivity contribution in [2.24, 2.45) is 17.6 Å². The SMILES string of the molecule is CCCCC(CC)CC(N)C1CCCCCCC1. The minimum Gasteiger partial charge on any atom is -0.327 e. The van der Waals surface area contributed by atoms with E-state index in [0.717, 1.165) is 11.8 Å². The van der Waals surface area contributed by atoms with Gasteiger partial charge in [0.2, 0.25) is 0 Å². The Morgan fingerprint density at radius 2 is 1.61 bits per heavy atom. The molecule has 0 spiro atoms. The number of nitrogens with two attached hydrogens (primary N) is 1. The maximum atomic E-state index is 6.52. The first-order valence-electron chi connectivity index (χ1n) is 8.53. The van der Waals surface area contributed by atoms with Crippen LogP contribution in [0.25, 0.3) is 0 Å². The van der Waals surface area contributed by atoms with Gasteiger partial charge in [0, 0.05) is 6.04 Å². The summed E-state index contributed by atoms with van der Waals surface area (Å²) in [4.78, 5) is 0. The molecular weight excluding hydrogens is 218 g/mol. The summed E-state index contributed by atoms with van der Waals surface area (Å²) in [6, 6.07) is 0.477. The lowest BCUT2D eigenvalue weighted by Crippen LogP contribution is -2.32.